The number of phenolic OH excluding ortho intramolecular Hbond substituents is 1. The molecule has 3 aromatic rings. The molecular weight excluding hydrogens is 313 g/mol. The van der Waals surface area contributed by atoms with Gasteiger partial charge in [-0.15, -0.1) is 0 Å². The molecule has 0 saturated carbocycles. The predicted octanol–water partition coefficient (Wildman–Crippen LogP) is 2.55. The van der Waals surface area contributed by atoms with Gasteiger partial charge in [-0.2, -0.15) is 4.98 Å². The molecule has 0 unspecified atom stereocenters. The summed E-state index contributed by atoms with van der Waals surface area (Å²) in [6.45, 7) is 0.387. The molecule has 0 fully saturated rings. The highest BCUT2D eigenvalue weighted by atomic mass is 19.1. The smallest absolute Gasteiger partial charge is 0.316 e. The number of halogens is 1. The van der Waals surface area contributed by atoms with E-state index in [1.807, 2.05) is 0 Å². The maximum Gasteiger partial charge on any atom is 0.316 e. The Morgan fingerprint density at radius 2 is 1.83 bits per heavy atom. The Labute approximate surface area is 136 Å². The van der Waals surface area contributed by atoms with E-state index in [0.717, 1.165) is 5.56 Å². The van der Waals surface area contributed by atoms with Crippen LogP contribution in [0.3, 0.4) is 0 Å². The van der Waals surface area contributed by atoms with Crippen LogP contribution in [0, 0.1) is 5.82 Å². The number of phenols is 1. The Kier molecular flexibility index (Phi) is 4.51. The molecule has 3 rings (SSSR count). The summed E-state index contributed by atoms with van der Waals surface area (Å²) in [4.78, 5) is 16.0. The van der Waals surface area contributed by atoms with Crippen LogP contribution in [0.4, 0.5) is 4.39 Å². The van der Waals surface area contributed by atoms with Gasteiger partial charge in [0.25, 0.3) is 0 Å². The van der Waals surface area contributed by atoms with Crippen LogP contribution in [0.25, 0.3) is 11.4 Å². The lowest BCUT2D eigenvalue weighted by Crippen LogP contribution is -2.25. The number of carbonyl (C=O) groups is 1. The molecule has 24 heavy (non-hydrogen) atoms. The van der Waals surface area contributed by atoms with Crippen LogP contribution < -0.4 is 5.32 Å². The van der Waals surface area contributed by atoms with E-state index < -0.39 is 5.91 Å². The minimum atomic E-state index is -0.477. The van der Waals surface area contributed by atoms with Crippen molar-refractivity contribution in [3.8, 4) is 17.1 Å². The Balaban J connectivity index is 1.57. The lowest BCUT2D eigenvalue weighted by molar-refractivity contribution is 0.0910. The standard InChI is InChI=1S/C17H14FN3O3/c18-13-5-3-12(4-6-13)15-20-17(24-21-15)16(23)19-10-9-11-1-7-14(22)8-2-11/h1-8,22H,9-10H2,(H,19,23). The average molecular weight is 327 g/mol. The maximum absolute atomic E-state index is 12.9. The van der Waals surface area contributed by atoms with E-state index in [4.69, 9.17) is 4.52 Å². The number of aromatic hydroxyl groups is 1. The van der Waals surface area contributed by atoms with Gasteiger partial charge in [0, 0.05) is 12.1 Å². The highest BCUT2D eigenvalue weighted by Gasteiger charge is 2.15. The van der Waals surface area contributed by atoms with Crippen LogP contribution >= 0.6 is 0 Å². The van der Waals surface area contributed by atoms with Crippen molar-refractivity contribution in [2.45, 2.75) is 6.42 Å². The van der Waals surface area contributed by atoms with E-state index in [0.29, 0.717) is 18.5 Å². The molecule has 2 aromatic carbocycles. The summed E-state index contributed by atoms with van der Waals surface area (Å²) in [5, 5.41) is 15.6. The first-order valence-electron chi connectivity index (χ1n) is 7.27. The van der Waals surface area contributed by atoms with Gasteiger partial charge in [0.1, 0.15) is 11.6 Å². The molecule has 7 heteroatoms. The van der Waals surface area contributed by atoms with E-state index in [9.17, 15) is 14.3 Å². The first kappa shape index (κ1) is 15.7. The summed E-state index contributed by atoms with van der Waals surface area (Å²) < 4.78 is 17.8. The number of rotatable bonds is 5. The van der Waals surface area contributed by atoms with E-state index >= 15 is 0 Å². The lowest BCUT2D eigenvalue weighted by Gasteiger charge is -2.02. The third kappa shape index (κ3) is 3.75. The zero-order valence-corrected chi connectivity index (χ0v) is 12.6. The second-order valence-electron chi connectivity index (χ2n) is 5.10. The van der Waals surface area contributed by atoms with Gasteiger partial charge in [-0.1, -0.05) is 17.3 Å². The van der Waals surface area contributed by atoms with Gasteiger partial charge in [0.15, 0.2) is 0 Å². The Bertz CT molecular complexity index is 829. The third-order valence-electron chi connectivity index (χ3n) is 3.36. The molecule has 2 N–H and O–H groups in total. The van der Waals surface area contributed by atoms with Crippen LogP contribution in [-0.4, -0.2) is 27.7 Å². The molecule has 0 aliphatic heterocycles. The summed E-state index contributed by atoms with van der Waals surface area (Å²) >= 11 is 0. The molecule has 122 valence electrons. The molecule has 1 aromatic heterocycles. The molecule has 0 bridgehead atoms. The van der Waals surface area contributed by atoms with Crippen molar-refractivity contribution in [3.05, 3.63) is 65.8 Å². The summed E-state index contributed by atoms with van der Waals surface area (Å²) in [6.07, 6.45) is 0.602. The number of nitrogens with zero attached hydrogens (tertiary/aromatic N) is 2. The zero-order valence-electron chi connectivity index (χ0n) is 12.6. The largest absolute Gasteiger partial charge is 0.508 e. The van der Waals surface area contributed by atoms with Crippen molar-refractivity contribution in [1.82, 2.24) is 15.5 Å². The molecule has 0 aliphatic carbocycles. The summed E-state index contributed by atoms with van der Waals surface area (Å²) in [5.41, 5.74) is 1.54. The van der Waals surface area contributed by atoms with Gasteiger partial charge in [0.05, 0.1) is 0 Å². The third-order valence-corrected chi connectivity index (χ3v) is 3.36. The van der Waals surface area contributed by atoms with Crippen LogP contribution in [0.5, 0.6) is 5.75 Å². The number of benzene rings is 2. The Hall–Kier alpha value is -3.22. The average Bonchev–Trinajstić information content (AvgIpc) is 3.07. The van der Waals surface area contributed by atoms with Crippen molar-refractivity contribution in [1.29, 1.82) is 0 Å². The molecule has 0 aliphatic rings. The monoisotopic (exact) mass is 327 g/mol. The van der Waals surface area contributed by atoms with Crippen molar-refractivity contribution >= 4 is 5.91 Å². The van der Waals surface area contributed by atoms with Crippen LogP contribution in [0.1, 0.15) is 16.2 Å². The van der Waals surface area contributed by atoms with Gasteiger partial charge in [0.2, 0.25) is 5.82 Å². The van der Waals surface area contributed by atoms with Gasteiger partial charge in [-0.3, -0.25) is 4.79 Å². The van der Waals surface area contributed by atoms with Gasteiger partial charge < -0.3 is 14.9 Å². The number of aromatic nitrogens is 2. The van der Waals surface area contributed by atoms with Crippen molar-refractivity contribution < 1.29 is 18.8 Å². The van der Waals surface area contributed by atoms with Gasteiger partial charge in [-0.25, -0.2) is 4.39 Å². The van der Waals surface area contributed by atoms with Crippen LogP contribution in [0.15, 0.2) is 53.1 Å². The van der Waals surface area contributed by atoms with E-state index in [1.54, 1.807) is 24.3 Å². The first-order valence-corrected chi connectivity index (χ1v) is 7.27. The fraction of sp³-hybridized carbons (Fsp3) is 0.118. The maximum atomic E-state index is 12.9. The molecule has 0 radical (unpaired) electrons. The van der Waals surface area contributed by atoms with Crippen molar-refractivity contribution in [2.75, 3.05) is 6.54 Å². The van der Waals surface area contributed by atoms with Crippen molar-refractivity contribution in [2.24, 2.45) is 0 Å². The number of carbonyl (C=O) groups excluding carboxylic acids is 1. The Morgan fingerprint density at radius 3 is 2.54 bits per heavy atom. The fourth-order valence-corrected chi connectivity index (χ4v) is 2.09. The number of amides is 1. The molecule has 0 atom stereocenters. The zero-order chi connectivity index (χ0) is 16.9. The Morgan fingerprint density at radius 1 is 1.12 bits per heavy atom. The van der Waals surface area contributed by atoms with Gasteiger partial charge in [-0.05, 0) is 48.4 Å². The molecular formula is C17H14FN3O3. The van der Waals surface area contributed by atoms with Crippen LogP contribution in [-0.2, 0) is 6.42 Å². The molecule has 6 nitrogen and oxygen atoms in total. The minimum Gasteiger partial charge on any atom is -0.508 e. The predicted molar refractivity (Wildman–Crippen MR) is 83.8 cm³/mol. The highest BCUT2D eigenvalue weighted by Crippen LogP contribution is 2.16. The van der Waals surface area contributed by atoms with Gasteiger partial charge >= 0.3 is 11.8 Å². The lowest BCUT2D eigenvalue weighted by atomic mass is 10.1. The fourth-order valence-electron chi connectivity index (χ4n) is 2.09. The van der Waals surface area contributed by atoms with E-state index in [2.05, 4.69) is 15.5 Å². The van der Waals surface area contributed by atoms with E-state index in [1.165, 1.54) is 24.3 Å². The number of nitrogens with one attached hydrogen (secondary N) is 1. The molecule has 0 saturated heterocycles. The second-order valence-corrected chi connectivity index (χ2v) is 5.10. The quantitative estimate of drug-likeness (QED) is 0.752. The summed E-state index contributed by atoms with van der Waals surface area (Å²) in [5.74, 6) is -0.579. The SMILES string of the molecule is O=C(NCCc1ccc(O)cc1)c1nc(-c2ccc(F)cc2)no1. The topological polar surface area (TPSA) is 88.2 Å². The summed E-state index contributed by atoms with van der Waals surface area (Å²) in [6, 6.07) is 12.3. The highest BCUT2D eigenvalue weighted by molar-refractivity contribution is 5.89. The molecule has 1 amide bonds. The minimum absolute atomic E-state index is 0.153. The first-order chi connectivity index (χ1) is 11.6. The van der Waals surface area contributed by atoms with E-state index in [-0.39, 0.29) is 23.3 Å². The van der Waals surface area contributed by atoms with Crippen molar-refractivity contribution in [3.63, 3.8) is 0 Å². The molecule has 0 spiro atoms. The molecule has 1 heterocycles. The second kappa shape index (κ2) is 6.91. The summed E-state index contributed by atoms with van der Waals surface area (Å²) in [7, 11) is 0. The van der Waals surface area contributed by atoms with Crippen LogP contribution in [0.2, 0.25) is 0 Å². The normalized spacial score (nSPS) is 10.5. The number of hydrogen-bond acceptors (Lipinski definition) is 5. The number of hydrogen-bond donors (Lipinski definition) is 2.